The zero-order chi connectivity index (χ0) is 16.5. The van der Waals surface area contributed by atoms with E-state index in [-0.39, 0.29) is 5.91 Å². The van der Waals surface area contributed by atoms with E-state index in [1.807, 2.05) is 24.3 Å². The Kier molecular flexibility index (Phi) is 3.78. The third-order valence-electron chi connectivity index (χ3n) is 4.77. The molecule has 1 amide bonds. The van der Waals surface area contributed by atoms with Crippen molar-refractivity contribution in [1.29, 1.82) is 0 Å². The van der Waals surface area contributed by atoms with Crippen LogP contribution in [-0.2, 0) is 0 Å². The van der Waals surface area contributed by atoms with Crippen molar-refractivity contribution in [1.82, 2.24) is 14.9 Å². The average molecular weight is 320 g/mol. The highest BCUT2D eigenvalue weighted by Gasteiger charge is 2.22. The molecule has 0 bridgehead atoms. The molecule has 5 heteroatoms. The Morgan fingerprint density at radius 3 is 2.83 bits per heavy atom. The topological polar surface area (TPSA) is 61.0 Å². The number of aromatic nitrogens is 2. The van der Waals surface area contributed by atoms with Gasteiger partial charge in [-0.05, 0) is 56.3 Å². The van der Waals surface area contributed by atoms with Crippen LogP contribution in [0.3, 0.4) is 0 Å². The van der Waals surface area contributed by atoms with Crippen LogP contribution in [-0.4, -0.2) is 34.4 Å². The van der Waals surface area contributed by atoms with Crippen LogP contribution in [0.5, 0.6) is 0 Å². The quantitative estimate of drug-likeness (QED) is 0.775. The third-order valence-corrected chi connectivity index (χ3v) is 4.77. The van der Waals surface area contributed by atoms with Crippen molar-refractivity contribution in [3.05, 3.63) is 59.9 Å². The zero-order valence-electron chi connectivity index (χ0n) is 13.6. The summed E-state index contributed by atoms with van der Waals surface area (Å²) in [5, 5.41) is 2.96. The first-order valence-corrected chi connectivity index (χ1v) is 8.26. The van der Waals surface area contributed by atoms with Gasteiger partial charge in [0.1, 0.15) is 5.52 Å². The van der Waals surface area contributed by atoms with Crippen molar-refractivity contribution in [3.63, 3.8) is 0 Å². The molecule has 0 aliphatic carbocycles. The lowest BCUT2D eigenvalue weighted by Gasteiger charge is -2.20. The first kappa shape index (κ1) is 14.9. The number of likely N-dealkylation sites (tertiary alicyclic amines) is 1. The number of anilines is 1. The van der Waals surface area contributed by atoms with E-state index in [2.05, 4.69) is 39.4 Å². The highest BCUT2D eigenvalue weighted by molar-refractivity contribution is 6.11. The lowest BCUT2D eigenvalue weighted by atomic mass is 10.0. The van der Waals surface area contributed by atoms with Gasteiger partial charge in [-0.25, -0.2) is 4.98 Å². The molecular formula is C19H20N4O. The minimum absolute atomic E-state index is 0.140. The maximum atomic E-state index is 12.5. The predicted octanol–water partition coefficient (Wildman–Crippen LogP) is 3.58. The van der Waals surface area contributed by atoms with Gasteiger partial charge < -0.3 is 10.3 Å². The van der Waals surface area contributed by atoms with Crippen LogP contribution in [0.1, 0.15) is 34.8 Å². The number of nitrogens with zero attached hydrogens (tertiary/aromatic N) is 2. The van der Waals surface area contributed by atoms with E-state index in [0.29, 0.717) is 17.1 Å². The van der Waals surface area contributed by atoms with Crippen LogP contribution in [0, 0.1) is 0 Å². The van der Waals surface area contributed by atoms with Crippen molar-refractivity contribution in [3.8, 4) is 0 Å². The summed E-state index contributed by atoms with van der Waals surface area (Å²) in [5.41, 5.74) is 4.24. The largest absolute Gasteiger partial charge is 0.345 e. The van der Waals surface area contributed by atoms with Gasteiger partial charge in [0.25, 0.3) is 5.91 Å². The summed E-state index contributed by atoms with van der Waals surface area (Å²) in [6, 6.07) is 14.2. The van der Waals surface area contributed by atoms with Crippen LogP contribution < -0.4 is 5.32 Å². The molecule has 1 unspecified atom stereocenters. The van der Waals surface area contributed by atoms with Crippen molar-refractivity contribution in [2.45, 2.75) is 18.9 Å². The molecule has 2 heterocycles. The Labute approximate surface area is 140 Å². The first-order chi connectivity index (χ1) is 11.7. The van der Waals surface area contributed by atoms with E-state index < -0.39 is 0 Å². The molecule has 1 aromatic heterocycles. The summed E-state index contributed by atoms with van der Waals surface area (Å²) in [6.45, 7) is 1.15. The van der Waals surface area contributed by atoms with Gasteiger partial charge in [-0.2, -0.15) is 0 Å². The molecule has 1 saturated heterocycles. The number of imidazole rings is 1. The molecule has 0 spiro atoms. The number of amides is 1. The summed E-state index contributed by atoms with van der Waals surface area (Å²) >= 11 is 0. The second-order valence-corrected chi connectivity index (χ2v) is 6.32. The highest BCUT2D eigenvalue weighted by Crippen LogP contribution is 2.30. The van der Waals surface area contributed by atoms with Crippen molar-refractivity contribution < 1.29 is 4.79 Å². The second-order valence-electron chi connectivity index (χ2n) is 6.32. The number of para-hydroxylation sites is 1. The minimum Gasteiger partial charge on any atom is -0.345 e. The van der Waals surface area contributed by atoms with Gasteiger partial charge in [0.2, 0.25) is 0 Å². The van der Waals surface area contributed by atoms with Gasteiger partial charge in [0.05, 0.1) is 17.4 Å². The Balaban J connectivity index is 1.53. The first-order valence-electron chi connectivity index (χ1n) is 8.26. The van der Waals surface area contributed by atoms with Crippen LogP contribution in [0.2, 0.25) is 0 Å². The summed E-state index contributed by atoms with van der Waals surface area (Å²) in [5.74, 6) is -0.140. The number of hydrogen-bond acceptors (Lipinski definition) is 3. The third kappa shape index (κ3) is 2.67. The molecule has 122 valence electrons. The molecule has 1 aliphatic rings. The number of aromatic amines is 1. The van der Waals surface area contributed by atoms with Gasteiger partial charge >= 0.3 is 0 Å². The lowest BCUT2D eigenvalue weighted by molar-refractivity contribution is 0.102. The van der Waals surface area contributed by atoms with E-state index in [1.54, 1.807) is 12.4 Å². The van der Waals surface area contributed by atoms with Crippen molar-refractivity contribution in [2.24, 2.45) is 0 Å². The normalized spacial score (nSPS) is 18.1. The number of carbonyl (C=O) groups excluding carboxylic acids is 1. The number of hydrogen-bond donors (Lipinski definition) is 2. The Morgan fingerprint density at radius 2 is 2.08 bits per heavy atom. The Hall–Kier alpha value is -2.66. The molecule has 1 atom stereocenters. The molecule has 1 fully saturated rings. The SMILES string of the molecule is CN1CCCC1c1ccc(NC(=O)c2cccc3[nH]cnc23)cc1. The van der Waals surface area contributed by atoms with Crippen LogP contribution in [0.4, 0.5) is 5.69 Å². The van der Waals surface area contributed by atoms with E-state index in [9.17, 15) is 4.79 Å². The zero-order valence-corrected chi connectivity index (χ0v) is 13.6. The predicted molar refractivity (Wildman–Crippen MR) is 95.1 cm³/mol. The molecule has 0 radical (unpaired) electrons. The van der Waals surface area contributed by atoms with Crippen LogP contribution >= 0.6 is 0 Å². The van der Waals surface area contributed by atoms with Crippen LogP contribution in [0.25, 0.3) is 11.0 Å². The number of benzene rings is 2. The standard InChI is InChI=1S/C19H20N4O/c1-23-11-3-6-17(23)13-7-9-14(10-8-13)22-19(24)15-4-2-5-16-18(15)21-12-20-16/h2,4-5,7-10,12,17H,3,6,11H2,1H3,(H,20,21)(H,22,24). The van der Waals surface area contributed by atoms with Gasteiger partial charge in [-0.15, -0.1) is 0 Å². The number of rotatable bonds is 3. The fourth-order valence-corrected chi connectivity index (χ4v) is 3.47. The van der Waals surface area contributed by atoms with E-state index in [4.69, 9.17) is 0 Å². The molecule has 4 rings (SSSR count). The maximum Gasteiger partial charge on any atom is 0.257 e. The van der Waals surface area contributed by atoms with Gasteiger partial charge in [0, 0.05) is 11.7 Å². The highest BCUT2D eigenvalue weighted by atomic mass is 16.1. The summed E-state index contributed by atoms with van der Waals surface area (Å²) < 4.78 is 0. The lowest BCUT2D eigenvalue weighted by Crippen LogP contribution is -2.17. The van der Waals surface area contributed by atoms with E-state index >= 15 is 0 Å². The summed E-state index contributed by atoms with van der Waals surface area (Å²) in [6.07, 6.45) is 4.05. The van der Waals surface area contributed by atoms with Crippen molar-refractivity contribution >= 4 is 22.6 Å². The average Bonchev–Trinajstić information content (AvgIpc) is 3.24. The fraction of sp³-hybridized carbons (Fsp3) is 0.263. The molecule has 24 heavy (non-hydrogen) atoms. The molecule has 2 aromatic carbocycles. The minimum atomic E-state index is -0.140. The number of fused-ring (bicyclic) bond motifs is 1. The number of H-pyrrole nitrogens is 1. The summed E-state index contributed by atoms with van der Waals surface area (Å²) in [7, 11) is 2.16. The molecule has 0 saturated carbocycles. The van der Waals surface area contributed by atoms with E-state index in [0.717, 1.165) is 17.7 Å². The summed E-state index contributed by atoms with van der Waals surface area (Å²) in [4.78, 5) is 22.2. The molecule has 5 nitrogen and oxygen atoms in total. The monoisotopic (exact) mass is 320 g/mol. The Bertz CT molecular complexity index is 868. The van der Waals surface area contributed by atoms with Crippen molar-refractivity contribution in [2.75, 3.05) is 18.9 Å². The fourth-order valence-electron chi connectivity index (χ4n) is 3.47. The number of nitrogens with one attached hydrogen (secondary N) is 2. The van der Waals surface area contributed by atoms with Gasteiger partial charge in [-0.1, -0.05) is 18.2 Å². The Morgan fingerprint density at radius 1 is 1.25 bits per heavy atom. The van der Waals surface area contributed by atoms with Gasteiger partial charge in [0.15, 0.2) is 0 Å². The second kappa shape index (κ2) is 6.09. The smallest absolute Gasteiger partial charge is 0.257 e. The molecule has 3 aromatic rings. The van der Waals surface area contributed by atoms with E-state index in [1.165, 1.54) is 18.4 Å². The number of carbonyl (C=O) groups is 1. The molecule has 2 N–H and O–H groups in total. The maximum absolute atomic E-state index is 12.5. The van der Waals surface area contributed by atoms with Crippen LogP contribution in [0.15, 0.2) is 48.8 Å². The molecule has 1 aliphatic heterocycles. The molecular weight excluding hydrogens is 300 g/mol. The van der Waals surface area contributed by atoms with Gasteiger partial charge in [-0.3, -0.25) is 9.69 Å².